The molecule has 0 saturated carbocycles. The molecule has 29 heavy (non-hydrogen) atoms. The summed E-state index contributed by atoms with van der Waals surface area (Å²) in [5.74, 6) is 0.352. The van der Waals surface area contributed by atoms with Crippen molar-refractivity contribution in [1.82, 2.24) is 19.4 Å². The maximum absolute atomic E-state index is 12.8. The van der Waals surface area contributed by atoms with Gasteiger partial charge in [-0.3, -0.25) is 9.59 Å². The second-order valence-electron chi connectivity index (χ2n) is 6.74. The monoisotopic (exact) mass is 442 g/mol. The Balaban J connectivity index is 1.54. The maximum atomic E-state index is 12.8. The SMILES string of the molecule is Cc1ccc(-c2csc(=S)n2CC(=O)N(C)Cc2nc3ccsc3c(=O)[nH]2)cc1. The van der Waals surface area contributed by atoms with E-state index in [1.165, 1.54) is 28.2 Å². The first-order valence-corrected chi connectivity index (χ1v) is 11.0. The molecule has 1 aromatic carbocycles. The molecule has 0 aliphatic rings. The van der Waals surface area contributed by atoms with Crippen molar-refractivity contribution >= 4 is 51.0 Å². The number of thiophene rings is 1. The van der Waals surface area contributed by atoms with Crippen LogP contribution in [0.15, 0.2) is 45.9 Å². The van der Waals surface area contributed by atoms with Crippen molar-refractivity contribution in [2.24, 2.45) is 0 Å². The molecule has 4 aromatic rings. The quantitative estimate of drug-likeness (QED) is 0.470. The van der Waals surface area contributed by atoms with Crippen molar-refractivity contribution in [3.05, 3.63) is 66.8 Å². The fourth-order valence-corrected chi connectivity index (χ4v) is 4.79. The van der Waals surface area contributed by atoms with Gasteiger partial charge in [0.25, 0.3) is 5.56 Å². The zero-order valence-electron chi connectivity index (χ0n) is 15.8. The zero-order valence-corrected chi connectivity index (χ0v) is 18.3. The lowest BCUT2D eigenvalue weighted by Gasteiger charge is -2.18. The van der Waals surface area contributed by atoms with Gasteiger partial charge in [-0.1, -0.05) is 29.8 Å². The van der Waals surface area contributed by atoms with Crippen LogP contribution in [0.2, 0.25) is 0 Å². The lowest BCUT2D eigenvalue weighted by molar-refractivity contribution is -0.131. The number of amides is 1. The van der Waals surface area contributed by atoms with Gasteiger partial charge in [-0.25, -0.2) is 4.98 Å². The Morgan fingerprint density at radius 3 is 2.76 bits per heavy atom. The minimum atomic E-state index is -0.178. The first kappa shape index (κ1) is 19.7. The molecular weight excluding hydrogens is 424 g/mol. The molecule has 6 nitrogen and oxygen atoms in total. The van der Waals surface area contributed by atoms with Gasteiger partial charge in [0.1, 0.15) is 17.1 Å². The lowest BCUT2D eigenvalue weighted by Crippen LogP contribution is -2.31. The number of hydrogen-bond donors (Lipinski definition) is 1. The number of aromatic amines is 1. The first-order valence-electron chi connectivity index (χ1n) is 8.88. The summed E-state index contributed by atoms with van der Waals surface area (Å²) in [7, 11) is 1.70. The van der Waals surface area contributed by atoms with Crippen LogP contribution in [0.1, 0.15) is 11.4 Å². The number of fused-ring (bicyclic) bond motifs is 1. The van der Waals surface area contributed by atoms with Crippen LogP contribution < -0.4 is 5.56 Å². The number of carbonyl (C=O) groups is 1. The Kier molecular flexibility index (Phi) is 5.44. The number of carbonyl (C=O) groups excluding carboxylic acids is 1. The van der Waals surface area contributed by atoms with Gasteiger partial charge < -0.3 is 14.5 Å². The van der Waals surface area contributed by atoms with Crippen LogP contribution in [-0.2, 0) is 17.9 Å². The molecular formula is C20H18N4O2S3. The van der Waals surface area contributed by atoms with E-state index in [1.54, 1.807) is 18.0 Å². The molecule has 3 heterocycles. The molecule has 0 aliphatic carbocycles. The van der Waals surface area contributed by atoms with Crippen molar-refractivity contribution in [3.63, 3.8) is 0 Å². The molecule has 0 saturated heterocycles. The van der Waals surface area contributed by atoms with Crippen LogP contribution in [0.5, 0.6) is 0 Å². The molecule has 9 heteroatoms. The molecule has 0 radical (unpaired) electrons. The number of aromatic nitrogens is 3. The number of hydrogen-bond acceptors (Lipinski definition) is 6. The second kappa shape index (κ2) is 8.02. The molecule has 3 aromatic heterocycles. The third kappa shape index (κ3) is 4.07. The Morgan fingerprint density at radius 1 is 1.24 bits per heavy atom. The first-order chi connectivity index (χ1) is 13.9. The Morgan fingerprint density at radius 2 is 2.00 bits per heavy atom. The molecule has 1 N–H and O–H groups in total. The summed E-state index contributed by atoms with van der Waals surface area (Å²) in [6.07, 6.45) is 0. The van der Waals surface area contributed by atoms with E-state index in [4.69, 9.17) is 12.2 Å². The van der Waals surface area contributed by atoms with E-state index < -0.39 is 0 Å². The molecule has 4 rings (SSSR count). The van der Waals surface area contributed by atoms with Gasteiger partial charge in [-0.2, -0.15) is 0 Å². The summed E-state index contributed by atoms with van der Waals surface area (Å²) in [5.41, 5.74) is 3.59. The number of nitrogens with one attached hydrogen (secondary N) is 1. The minimum absolute atomic E-state index is 0.110. The molecule has 148 valence electrons. The Hall–Kier alpha value is -2.62. The van der Waals surface area contributed by atoms with Crippen LogP contribution in [0.3, 0.4) is 0 Å². The minimum Gasteiger partial charge on any atom is -0.337 e. The smallest absolute Gasteiger partial charge is 0.268 e. The highest BCUT2D eigenvalue weighted by atomic mass is 32.1. The number of nitrogens with zero attached hydrogens (tertiary/aromatic N) is 3. The molecule has 0 aliphatic heterocycles. The van der Waals surface area contributed by atoms with E-state index in [9.17, 15) is 9.59 Å². The van der Waals surface area contributed by atoms with Crippen molar-refractivity contribution in [1.29, 1.82) is 0 Å². The van der Waals surface area contributed by atoms with E-state index in [0.29, 0.717) is 20.0 Å². The number of thiazole rings is 1. The largest absolute Gasteiger partial charge is 0.337 e. The molecule has 0 atom stereocenters. The van der Waals surface area contributed by atoms with Crippen LogP contribution in [-0.4, -0.2) is 32.4 Å². The third-order valence-corrected chi connectivity index (χ3v) is 6.77. The summed E-state index contributed by atoms with van der Waals surface area (Å²) >= 11 is 8.24. The van der Waals surface area contributed by atoms with Gasteiger partial charge in [0.15, 0.2) is 3.95 Å². The van der Waals surface area contributed by atoms with Gasteiger partial charge in [0.2, 0.25) is 5.91 Å². The van der Waals surface area contributed by atoms with Gasteiger partial charge in [-0.15, -0.1) is 22.7 Å². The highest BCUT2D eigenvalue weighted by Gasteiger charge is 2.16. The van der Waals surface area contributed by atoms with Gasteiger partial charge in [0.05, 0.1) is 17.8 Å². The maximum Gasteiger partial charge on any atom is 0.268 e. The molecule has 1 amide bonds. The lowest BCUT2D eigenvalue weighted by atomic mass is 10.1. The highest BCUT2D eigenvalue weighted by molar-refractivity contribution is 7.73. The average Bonchev–Trinajstić information content (AvgIpc) is 3.30. The highest BCUT2D eigenvalue weighted by Crippen LogP contribution is 2.24. The van der Waals surface area contributed by atoms with Crippen LogP contribution in [0.25, 0.3) is 21.5 Å². The average molecular weight is 443 g/mol. The van der Waals surface area contributed by atoms with Crippen molar-refractivity contribution in [2.45, 2.75) is 20.0 Å². The summed E-state index contributed by atoms with van der Waals surface area (Å²) in [6, 6.07) is 9.94. The standard InChI is InChI=1S/C20H18N4O2S3/c1-12-3-5-13(6-4-12)15-11-29-20(27)24(15)10-17(25)23(2)9-16-21-14-7-8-28-18(14)19(26)22-16/h3-8,11H,9-10H2,1-2H3,(H,21,22,26). The number of H-pyrrole nitrogens is 1. The van der Waals surface area contributed by atoms with E-state index in [2.05, 4.69) is 9.97 Å². The van der Waals surface area contributed by atoms with E-state index in [1.807, 2.05) is 46.5 Å². The molecule has 0 bridgehead atoms. The predicted molar refractivity (Wildman–Crippen MR) is 120 cm³/mol. The summed E-state index contributed by atoms with van der Waals surface area (Å²) < 4.78 is 3.09. The Labute approximate surface area is 180 Å². The number of likely N-dealkylation sites (N-methyl/N-ethyl adjacent to an activating group) is 1. The molecule has 0 fully saturated rings. The zero-order chi connectivity index (χ0) is 20.5. The van der Waals surface area contributed by atoms with Crippen LogP contribution in [0, 0.1) is 10.9 Å². The molecule has 0 unspecified atom stereocenters. The van der Waals surface area contributed by atoms with Gasteiger partial charge in [-0.05, 0) is 36.2 Å². The third-order valence-electron chi connectivity index (χ3n) is 4.60. The van der Waals surface area contributed by atoms with Crippen LogP contribution >= 0.6 is 34.9 Å². The van der Waals surface area contributed by atoms with E-state index in [-0.39, 0.29) is 24.6 Å². The van der Waals surface area contributed by atoms with E-state index >= 15 is 0 Å². The van der Waals surface area contributed by atoms with Crippen molar-refractivity contribution in [2.75, 3.05) is 7.05 Å². The Bertz CT molecular complexity index is 1300. The summed E-state index contributed by atoms with van der Waals surface area (Å²) in [4.78, 5) is 33.7. The topological polar surface area (TPSA) is 71.0 Å². The second-order valence-corrected chi connectivity index (χ2v) is 9.16. The number of rotatable bonds is 5. The molecule has 0 spiro atoms. The fraction of sp³-hybridized carbons (Fsp3) is 0.200. The van der Waals surface area contributed by atoms with Crippen LogP contribution in [0.4, 0.5) is 0 Å². The number of aryl methyl sites for hydroxylation is 1. The van der Waals surface area contributed by atoms with E-state index in [0.717, 1.165) is 11.3 Å². The fourth-order valence-electron chi connectivity index (χ4n) is 3.00. The van der Waals surface area contributed by atoms with Gasteiger partial charge in [0, 0.05) is 12.4 Å². The van der Waals surface area contributed by atoms with Gasteiger partial charge >= 0.3 is 0 Å². The predicted octanol–water partition coefficient (Wildman–Crippen LogP) is 4.21. The van der Waals surface area contributed by atoms with Crippen molar-refractivity contribution in [3.8, 4) is 11.3 Å². The number of benzene rings is 1. The normalized spacial score (nSPS) is 11.1. The summed E-state index contributed by atoms with van der Waals surface area (Å²) in [6.45, 7) is 2.39. The summed E-state index contributed by atoms with van der Waals surface area (Å²) in [5, 5.41) is 3.81. The van der Waals surface area contributed by atoms with Crippen molar-refractivity contribution < 1.29 is 4.79 Å².